The minimum Gasteiger partial charge on any atom is -0.368 e. The first kappa shape index (κ1) is 16.3. The number of carbonyl (C=O) groups excluding carboxylic acids is 2. The highest BCUT2D eigenvalue weighted by Crippen LogP contribution is 2.27. The molecule has 0 saturated carbocycles. The van der Waals surface area contributed by atoms with E-state index in [1.807, 2.05) is 29.2 Å². The average molecular weight is 352 g/mol. The molecule has 2 amide bonds. The lowest BCUT2D eigenvalue weighted by atomic mass is 9.96. The molecule has 0 aliphatic carbocycles. The van der Waals surface area contributed by atoms with Crippen molar-refractivity contribution >= 4 is 22.7 Å². The molecule has 1 aliphatic rings. The molecule has 1 aliphatic heterocycles. The van der Waals surface area contributed by atoms with Gasteiger partial charge in [0.25, 0.3) is 5.91 Å². The second-order valence-corrected chi connectivity index (χ2v) is 6.59. The summed E-state index contributed by atoms with van der Waals surface area (Å²) in [5.74, 6) is 0.386. The highest BCUT2D eigenvalue weighted by Gasteiger charge is 2.29. The van der Waals surface area contributed by atoms with Crippen LogP contribution in [0.15, 0.2) is 36.7 Å². The number of hydrogen-bond donors (Lipinski definition) is 2. The van der Waals surface area contributed by atoms with Gasteiger partial charge in [-0.1, -0.05) is 18.2 Å². The maximum atomic E-state index is 13.0. The summed E-state index contributed by atoms with van der Waals surface area (Å²) in [6.45, 7) is 1.34. The number of carbonyl (C=O) groups is 2. The summed E-state index contributed by atoms with van der Waals surface area (Å²) in [5, 5.41) is 7.96. The Labute approximate surface area is 150 Å². The normalized spacial score (nSPS) is 17.5. The number of H-pyrrole nitrogens is 1. The molecular weight excluding hydrogens is 332 g/mol. The van der Waals surface area contributed by atoms with Gasteiger partial charge in [0.1, 0.15) is 12.4 Å². The van der Waals surface area contributed by atoms with Gasteiger partial charge in [-0.05, 0) is 18.9 Å². The van der Waals surface area contributed by atoms with Crippen molar-refractivity contribution in [3.05, 3.63) is 48.2 Å². The number of rotatable bonds is 4. The molecule has 2 aromatic heterocycles. The zero-order valence-corrected chi connectivity index (χ0v) is 14.3. The number of likely N-dealkylation sites (tertiary alicyclic amines) is 1. The molecule has 26 heavy (non-hydrogen) atoms. The van der Waals surface area contributed by atoms with Gasteiger partial charge in [0.05, 0.1) is 5.52 Å². The Balaban J connectivity index is 1.56. The van der Waals surface area contributed by atoms with Crippen molar-refractivity contribution in [1.29, 1.82) is 0 Å². The minimum absolute atomic E-state index is 0.0762. The van der Waals surface area contributed by atoms with Gasteiger partial charge in [0.2, 0.25) is 5.91 Å². The molecule has 0 bridgehead atoms. The van der Waals surface area contributed by atoms with Crippen LogP contribution in [0.2, 0.25) is 0 Å². The highest BCUT2D eigenvalue weighted by molar-refractivity contribution is 6.04. The maximum absolute atomic E-state index is 13.0. The van der Waals surface area contributed by atoms with Crippen LogP contribution in [0, 0.1) is 0 Å². The number of benzene rings is 1. The van der Waals surface area contributed by atoms with E-state index in [0.29, 0.717) is 18.8 Å². The van der Waals surface area contributed by atoms with E-state index in [-0.39, 0.29) is 18.4 Å². The van der Waals surface area contributed by atoms with Crippen molar-refractivity contribution < 1.29 is 9.59 Å². The van der Waals surface area contributed by atoms with Crippen LogP contribution in [0.3, 0.4) is 0 Å². The number of piperidine rings is 1. The van der Waals surface area contributed by atoms with Crippen molar-refractivity contribution in [2.45, 2.75) is 25.3 Å². The van der Waals surface area contributed by atoms with Crippen LogP contribution in [0.5, 0.6) is 0 Å². The van der Waals surface area contributed by atoms with Crippen molar-refractivity contribution in [1.82, 2.24) is 24.6 Å². The van der Waals surface area contributed by atoms with Gasteiger partial charge in [-0.15, -0.1) is 0 Å². The predicted octanol–water partition coefficient (Wildman–Crippen LogP) is 1.26. The number of para-hydroxylation sites is 1. The molecule has 0 spiro atoms. The van der Waals surface area contributed by atoms with Crippen LogP contribution in [-0.2, 0) is 11.3 Å². The Hall–Kier alpha value is -3.16. The van der Waals surface area contributed by atoms with Crippen molar-refractivity contribution in [3.63, 3.8) is 0 Å². The molecule has 3 aromatic rings. The Morgan fingerprint density at radius 3 is 3.00 bits per heavy atom. The third-order valence-electron chi connectivity index (χ3n) is 4.82. The molecule has 8 heteroatoms. The Morgan fingerprint density at radius 1 is 1.31 bits per heavy atom. The quantitative estimate of drug-likeness (QED) is 0.736. The molecule has 0 radical (unpaired) electrons. The van der Waals surface area contributed by atoms with Crippen molar-refractivity contribution in [3.8, 4) is 0 Å². The minimum atomic E-state index is -0.406. The number of primary amides is 1. The Kier molecular flexibility index (Phi) is 4.16. The molecule has 134 valence electrons. The van der Waals surface area contributed by atoms with Gasteiger partial charge in [0, 0.05) is 36.8 Å². The van der Waals surface area contributed by atoms with E-state index in [1.165, 1.54) is 0 Å². The van der Waals surface area contributed by atoms with Crippen LogP contribution in [-0.4, -0.2) is 49.6 Å². The van der Waals surface area contributed by atoms with E-state index in [9.17, 15) is 9.59 Å². The second kappa shape index (κ2) is 6.62. The number of amides is 2. The van der Waals surface area contributed by atoms with Crippen molar-refractivity contribution in [2.75, 3.05) is 13.1 Å². The van der Waals surface area contributed by atoms with E-state index >= 15 is 0 Å². The number of fused-ring (bicyclic) bond motifs is 1. The number of aromatic amines is 1. The first-order valence-corrected chi connectivity index (χ1v) is 8.65. The van der Waals surface area contributed by atoms with Gasteiger partial charge in [0.15, 0.2) is 5.69 Å². The monoisotopic (exact) mass is 352 g/mol. The summed E-state index contributed by atoms with van der Waals surface area (Å²) in [6, 6.07) is 7.60. The van der Waals surface area contributed by atoms with Crippen LogP contribution >= 0.6 is 0 Å². The second-order valence-electron chi connectivity index (χ2n) is 6.59. The number of nitrogens with two attached hydrogens (primary N) is 1. The number of nitrogens with one attached hydrogen (secondary N) is 1. The van der Waals surface area contributed by atoms with Crippen LogP contribution in [0.4, 0.5) is 0 Å². The van der Waals surface area contributed by atoms with Crippen LogP contribution < -0.4 is 5.73 Å². The molecule has 3 heterocycles. The molecule has 1 fully saturated rings. The fraction of sp³-hybridized carbons (Fsp3) is 0.333. The number of hydrogen-bond acceptors (Lipinski definition) is 4. The van der Waals surface area contributed by atoms with E-state index in [2.05, 4.69) is 15.2 Å². The van der Waals surface area contributed by atoms with Gasteiger partial charge in [-0.3, -0.25) is 14.7 Å². The lowest BCUT2D eigenvalue weighted by Crippen LogP contribution is -2.40. The number of nitrogens with zero attached hydrogens (tertiary/aromatic N) is 4. The summed E-state index contributed by atoms with van der Waals surface area (Å²) in [6.07, 6.45) is 5.21. The molecule has 8 nitrogen and oxygen atoms in total. The van der Waals surface area contributed by atoms with Gasteiger partial charge < -0.3 is 15.2 Å². The number of aromatic nitrogens is 4. The number of imidazole rings is 1. The SMILES string of the molecule is NC(=O)Cn1ccnc1C1CCCN(C(=O)c2n[nH]c3ccccc23)C1. The zero-order valence-electron chi connectivity index (χ0n) is 14.3. The summed E-state index contributed by atoms with van der Waals surface area (Å²) in [5.41, 5.74) is 6.61. The third-order valence-corrected chi connectivity index (χ3v) is 4.82. The molecule has 1 unspecified atom stereocenters. The van der Waals surface area contributed by atoms with Gasteiger partial charge in [-0.25, -0.2) is 4.98 Å². The average Bonchev–Trinajstić information content (AvgIpc) is 3.27. The third kappa shape index (κ3) is 2.94. The fourth-order valence-electron chi connectivity index (χ4n) is 3.63. The van der Waals surface area contributed by atoms with Gasteiger partial charge >= 0.3 is 0 Å². The largest absolute Gasteiger partial charge is 0.368 e. The fourth-order valence-corrected chi connectivity index (χ4v) is 3.63. The smallest absolute Gasteiger partial charge is 0.275 e. The standard InChI is InChI=1S/C18H20N6O2/c19-15(25)11-23-9-7-20-17(23)12-4-3-8-24(10-12)18(26)16-13-5-1-2-6-14(13)21-22-16/h1-2,5-7,9,12H,3-4,8,10-11H2,(H2,19,25)(H,21,22). The first-order valence-electron chi connectivity index (χ1n) is 8.65. The lowest BCUT2D eigenvalue weighted by molar-refractivity contribution is -0.118. The summed E-state index contributed by atoms with van der Waals surface area (Å²) in [4.78, 5) is 30.5. The predicted molar refractivity (Wildman–Crippen MR) is 95.4 cm³/mol. The lowest BCUT2D eigenvalue weighted by Gasteiger charge is -2.32. The summed E-state index contributed by atoms with van der Waals surface area (Å²) in [7, 11) is 0. The molecule has 1 saturated heterocycles. The maximum Gasteiger partial charge on any atom is 0.275 e. The van der Waals surface area contributed by atoms with Crippen LogP contribution in [0.1, 0.15) is 35.1 Å². The van der Waals surface area contributed by atoms with E-state index < -0.39 is 5.91 Å². The first-order chi connectivity index (χ1) is 12.6. The van der Waals surface area contributed by atoms with E-state index in [1.54, 1.807) is 17.0 Å². The summed E-state index contributed by atoms with van der Waals surface area (Å²) >= 11 is 0. The van der Waals surface area contributed by atoms with E-state index in [0.717, 1.165) is 29.6 Å². The molecular formula is C18H20N6O2. The Bertz CT molecular complexity index is 959. The summed E-state index contributed by atoms with van der Waals surface area (Å²) < 4.78 is 1.77. The highest BCUT2D eigenvalue weighted by atomic mass is 16.2. The molecule has 1 aromatic carbocycles. The topological polar surface area (TPSA) is 110 Å². The molecule has 1 atom stereocenters. The molecule has 3 N–H and O–H groups in total. The van der Waals surface area contributed by atoms with Crippen LogP contribution in [0.25, 0.3) is 10.9 Å². The Morgan fingerprint density at radius 2 is 2.15 bits per heavy atom. The molecule has 4 rings (SSSR count). The van der Waals surface area contributed by atoms with Crippen molar-refractivity contribution in [2.24, 2.45) is 5.73 Å². The van der Waals surface area contributed by atoms with E-state index in [4.69, 9.17) is 5.73 Å². The van der Waals surface area contributed by atoms with Gasteiger partial charge in [-0.2, -0.15) is 5.10 Å². The zero-order chi connectivity index (χ0) is 18.1.